The third-order valence-corrected chi connectivity index (χ3v) is 3.29. The van der Waals surface area contributed by atoms with Gasteiger partial charge in [0.15, 0.2) is 0 Å². The van der Waals surface area contributed by atoms with Crippen molar-refractivity contribution in [3.63, 3.8) is 0 Å². The first-order valence-electron chi connectivity index (χ1n) is 4.97. The average Bonchev–Trinajstić information content (AvgIpc) is 1.94. The predicted molar refractivity (Wildman–Crippen MR) is 51.0 cm³/mol. The molecule has 0 aromatic heterocycles. The molecule has 12 heavy (non-hydrogen) atoms. The van der Waals surface area contributed by atoms with Crippen LogP contribution < -0.4 is 0 Å². The SMILES string of the molecule is CC(C)C1CCC(C)(C)C(=O)C1. The van der Waals surface area contributed by atoms with Gasteiger partial charge in [-0.05, 0) is 24.7 Å². The third kappa shape index (κ3) is 1.88. The van der Waals surface area contributed by atoms with Crippen LogP contribution in [-0.4, -0.2) is 5.78 Å². The Morgan fingerprint density at radius 3 is 2.42 bits per heavy atom. The molecule has 1 aliphatic carbocycles. The molecule has 1 unspecified atom stereocenters. The Morgan fingerprint density at radius 1 is 1.42 bits per heavy atom. The van der Waals surface area contributed by atoms with Crippen molar-refractivity contribution in [1.82, 2.24) is 0 Å². The summed E-state index contributed by atoms with van der Waals surface area (Å²) < 4.78 is 0. The van der Waals surface area contributed by atoms with E-state index < -0.39 is 0 Å². The minimum atomic E-state index is -0.0363. The van der Waals surface area contributed by atoms with E-state index in [1.54, 1.807) is 0 Å². The molecule has 70 valence electrons. The van der Waals surface area contributed by atoms with Crippen molar-refractivity contribution in [1.29, 1.82) is 0 Å². The summed E-state index contributed by atoms with van der Waals surface area (Å²) in [5, 5.41) is 0. The summed E-state index contributed by atoms with van der Waals surface area (Å²) in [7, 11) is 0. The van der Waals surface area contributed by atoms with Crippen LogP contribution in [0.1, 0.15) is 47.0 Å². The molecular formula is C11H20O. The zero-order valence-electron chi connectivity index (χ0n) is 8.68. The van der Waals surface area contributed by atoms with Gasteiger partial charge in [-0.15, -0.1) is 0 Å². The minimum absolute atomic E-state index is 0.0363. The smallest absolute Gasteiger partial charge is 0.138 e. The van der Waals surface area contributed by atoms with E-state index in [0.717, 1.165) is 12.8 Å². The predicted octanol–water partition coefficient (Wildman–Crippen LogP) is 3.04. The molecule has 0 aromatic carbocycles. The van der Waals surface area contributed by atoms with Crippen LogP contribution in [0.25, 0.3) is 0 Å². The Balaban J connectivity index is 2.58. The Bertz CT molecular complexity index is 179. The van der Waals surface area contributed by atoms with Crippen molar-refractivity contribution < 1.29 is 4.79 Å². The zero-order chi connectivity index (χ0) is 9.35. The van der Waals surface area contributed by atoms with E-state index in [1.807, 2.05) is 0 Å². The molecule has 1 nitrogen and oxygen atoms in total. The van der Waals surface area contributed by atoms with Crippen LogP contribution in [-0.2, 0) is 4.79 Å². The number of hydrogen-bond donors (Lipinski definition) is 0. The van der Waals surface area contributed by atoms with E-state index in [2.05, 4.69) is 27.7 Å². The molecule has 1 aliphatic rings. The normalized spacial score (nSPS) is 29.4. The number of carbonyl (C=O) groups excluding carboxylic acids is 1. The summed E-state index contributed by atoms with van der Waals surface area (Å²) in [5.74, 6) is 1.78. The molecule has 0 aromatic rings. The highest BCUT2D eigenvalue weighted by Crippen LogP contribution is 2.37. The van der Waals surface area contributed by atoms with Gasteiger partial charge in [0.05, 0.1) is 0 Å². The maximum absolute atomic E-state index is 11.6. The molecule has 1 rings (SSSR count). The van der Waals surface area contributed by atoms with E-state index in [1.165, 1.54) is 6.42 Å². The van der Waals surface area contributed by atoms with Gasteiger partial charge in [0.25, 0.3) is 0 Å². The maximum Gasteiger partial charge on any atom is 0.138 e. The fraction of sp³-hybridized carbons (Fsp3) is 0.909. The molecule has 0 aliphatic heterocycles. The zero-order valence-corrected chi connectivity index (χ0v) is 8.68. The summed E-state index contributed by atoms with van der Waals surface area (Å²) >= 11 is 0. The van der Waals surface area contributed by atoms with Crippen molar-refractivity contribution in [2.45, 2.75) is 47.0 Å². The fourth-order valence-corrected chi connectivity index (χ4v) is 1.87. The van der Waals surface area contributed by atoms with Crippen molar-refractivity contribution in [3.05, 3.63) is 0 Å². The highest BCUT2D eigenvalue weighted by molar-refractivity contribution is 5.84. The van der Waals surface area contributed by atoms with Crippen LogP contribution in [0.2, 0.25) is 0 Å². The van der Waals surface area contributed by atoms with Crippen LogP contribution >= 0.6 is 0 Å². The second-order valence-corrected chi connectivity index (χ2v) is 5.05. The summed E-state index contributed by atoms with van der Waals surface area (Å²) in [5.41, 5.74) is -0.0363. The van der Waals surface area contributed by atoms with Gasteiger partial charge in [0, 0.05) is 11.8 Å². The van der Waals surface area contributed by atoms with Crippen LogP contribution in [0.5, 0.6) is 0 Å². The Labute approximate surface area is 75.5 Å². The minimum Gasteiger partial charge on any atom is -0.299 e. The second kappa shape index (κ2) is 3.20. The number of carbonyl (C=O) groups is 1. The molecule has 0 radical (unpaired) electrons. The topological polar surface area (TPSA) is 17.1 Å². The molecule has 0 spiro atoms. The Hall–Kier alpha value is -0.330. The van der Waals surface area contributed by atoms with Gasteiger partial charge in [0.1, 0.15) is 5.78 Å². The first kappa shape index (κ1) is 9.76. The monoisotopic (exact) mass is 168 g/mol. The number of rotatable bonds is 1. The van der Waals surface area contributed by atoms with E-state index in [9.17, 15) is 4.79 Å². The number of hydrogen-bond acceptors (Lipinski definition) is 1. The molecule has 1 fully saturated rings. The van der Waals surface area contributed by atoms with E-state index in [-0.39, 0.29) is 5.41 Å². The third-order valence-electron chi connectivity index (χ3n) is 3.29. The summed E-state index contributed by atoms with van der Waals surface area (Å²) in [6.07, 6.45) is 3.12. The molecule has 1 saturated carbocycles. The van der Waals surface area contributed by atoms with Gasteiger partial charge in [-0.1, -0.05) is 27.7 Å². The lowest BCUT2D eigenvalue weighted by molar-refractivity contribution is -0.131. The first-order valence-corrected chi connectivity index (χ1v) is 4.97. The van der Waals surface area contributed by atoms with Gasteiger partial charge in [-0.3, -0.25) is 4.79 Å². The number of Topliss-reactive ketones (excluding diaryl/α,β-unsaturated/α-hetero) is 1. The lowest BCUT2D eigenvalue weighted by Gasteiger charge is -2.34. The van der Waals surface area contributed by atoms with Crippen molar-refractivity contribution in [2.75, 3.05) is 0 Å². The van der Waals surface area contributed by atoms with Crippen LogP contribution in [0.15, 0.2) is 0 Å². The quantitative estimate of drug-likeness (QED) is 0.588. The van der Waals surface area contributed by atoms with E-state index >= 15 is 0 Å². The first-order chi connectivity index (χ1) is 5.43. The highest BCUT2D eigenvalue weighted by Gasteiger charge is 2.35. The fourth-order valence-electron chi connectivity index (χ4n) is 1.87. The summed E-state index contributed by atoms with van der Waals surface area (Å²) in [6.45, 7) is 8.59. The van der Waals surface area contributed by atoms with Gasteiger partial charge in [0.2, 0.25) is 0 Å². The molecule has 0 bridgehead atoms. The molecule has 0 amide bonds. The van der Waals surface area contributed by atoms with Crippen LogP contribution in [0.4, 0.5) is 0 Å². The van der Waals surface area contributed by atoms with Gasteiger partial charge >= 0.3 is 0 Å². The van der Waals surface area contributed by atoms with Crippen LogP contribution in [0, 0.1) is 17.3 Å². The average molecular weight is 168 g/mol. The van der Waals surface area contributed by atoms with Crippen molar-refractivity contribution in [2.24, 2.45) is 17.3 Å². The lowest BCUT2D eigenvalue weighted by Crippen LogP contribution is -2.33. The highest BCUT2D eigenvalue weighted by atomic mass is 16.1. The van der Waals surface area contributed by atoms with Crippen molar-refractivity contribution in [3.8, 4) is 0 Å². The maximum atomic E-state index is 11.6. The molecule has 0 heterocycles. The van der Waals surface area contributed by atoms with Crippen molar-refractivity contribution >= 4 is 5.78 Å². The Morgan fingerprint density at radius 2 is 2.00 bits per heavy atom. The molecule has 0 N–H and O–H groups in total. The largest absolute Gasteiger partial charge is 0.299 e. The van der Waals surface area contributed by atoms with E-state index in [0.29, 0.717) is 17.6 Å². The number of ketones is 1. The Kier molecular flexibility index (Phi) is 2.60. The van der Waals surface area contributed by atoms with E-state index in [4.69, 9.17) is 0 Å². The summed E-state index contributed by atoms with van der Waals surface area (Å²) in [4.78, 5) is 11.6. The van der Waals surface area contributed by atoms with Gasteiger partial charge in [-0.25, -0.2) is 0 Å². The second-order valence-electron chi connectivity index (χ2n) is 5.05. The standard InChI is InChI=1S/C11H20O/c1-8(2)9-5-6-11(3,4)10(12)7-9/h8-9H,5-7H2,1-4H3. The van der Waals surface area contributed by atoms with Crippen LogP contribution in [0.3, 0.4) is 0 Å². The molecule has 0 saturated heterocycles. The van der Waals surface area contributed by atoms with Gasteiger partial charge in [-0.2, -0.15) is 0 Å². The molecule has 1 heteroatoms. The molecule has 1 atom stereocenters. The lowest BCUT2D eigenvalue weighted by atomic mass is 9.69. The molecular weight excluding hydrogens is 148 g/mol. The van der Waals surface area contributed by atoms with Gasteiger partial charge < -0.3 is 0 Å². The summed E-state index contributed by atoms with van der Waals surface area (Å²) in [6, 6.07) is 0.